The summed E-state index contributed by atoms with van der Waals surface area (Å²) in [7, 11) is 0. The molecule has 1 aromatic heterocycles. The van der Waals surface area contributed by atoms with E-state index in [-0.39, 0.29) is 12.1 Å². The molecule has 17 heavy (non-hydrogen) atoms. The monoisotopic (exact) mass is 236 g/mol. The van der Waals surface area contributed by atoms with Crippen molar-refractivity contribution in [2.24, 2.45) is 5.92 Å². The Morgan fingerprint density at radius 2 is 2.41 bits per heavy atom. The van der Waals surface area contributed by atoms with Gasteiger partial charge in [0.15, 0.2) is 0 Å². The van der Waals surface area contributed by atoms with Crippen LogP contribution < -0.4 is 10.6 Å². The van der Waals surface area contributed by atoms with Gasteiger partial charge in [0.2, 0.25) is 0 Å². The number of aromatic amines is 1. The van der Waals surface area contributed by atoms with Crippen LogP contribution >= 0.6 is 0 Å². The first-order valence-electron chi connectivity index (χ1n) is 6.12. The minimum absolute atomic E-state index is 0.0703. The van der Waals surface area contributed by atoms with E-state index >= 15 is 0 Å². The van der Waals surface area contributed by atoms with Crippen molar-refractivity contribution in [2.75, 3.05) is 0 Å². The molecule has 94 valence electrons. The van der Waals surface area contributed by atoms with Crippen LogP contribution in [-0.2, 0) is 6.42 Å². The molecule has 2 amide bonds. The average molecular weight is 236 g/mol. The normalized spacial score (nSPS) is 24.2. The molecule has 1 heterocycles. The minimum Gasteiger partial charge on any atom is -0.335 e. The lowest BCUT2D eigenvalue weighted by Crippen LogP contribution is -2.42. The molecule has 0 bridgehead atoms. The van der Waals surface area contributed by atoms with Gasteiger partial charge in [-0.3, -0.25) is 5.10 Å². The van der Waals surface area contributed by atoms with Crippen LogP contribution in [0.1, 0.15) is 31.7 Å². The van der Waals surface area contributed by atoms with Crippen LogP contribution in [0.15, 0.2) is 6.07 Å². The van der Waals surface area contributed by atoms with E-state index in [1.807, 2.05) is 19.9 Å². The van der Waals surface area contributed by atoms with Crippen LogP contribution in [0.25, 0.3) is 0 Å². The smallest absolute Gasteiger partial charge is 0.315 e. The molecule has 0 aromatic carbocycles. The lowest BCUT2D eigenvalue weighted by Gasteiger charge is -2.13. The van der Waals surface area contributed by atoms with Gasteiger partial charge in [0.05, 0.1) is 5.69 Å². The molecule has 3 unspecified atom stereocenters. The lowest BCUT2D eigenvalue weighted by molar-refractivity contribution is 0.237. The molecule has 1 aliphatic rings. The van der Waals surface area contributed by atoms with Gasteiger partial charge in [0.1, 0.15) is 0 Å². The van der Waals surface area contributed by atoms with Crippen LogP contribution in [0.5, 0.6) is 0 Å². The summed E-state index contributed by atoms with van der Waals surface area (Å²) >= 11 is 0. The third-order valence-corrected chi connectivity index (χ3v) is 3.08. The summed E-state index contributed by atoms with van der Waals surface area (Å²) in [5.41, 5.74) is 2.03. The van der Waals surface area contributed by atoms with Crippen LogP contribution in [0.2, 0.25) is 0 Å². The number of carbonyl (C=O) groups excluding carboxylic acids is 1. The first kappa shape index (κ1) is 12.0. The zero-order valence-corrected chi connectivity index (χ0v) is 10.6. The number of aromatic nitrogens is 2. The molecule has 0 aliphatic heterocycles. The largest absolute Gasteiger partial charge is 0.335 e. The van der Waals surface area contributed by atoms with Crippen LogP contribution in [0.3, 0.4) is 0 Å². The SMILES string of the molecule is Cc1cc(CC(C)NC(=O)NC2CC2C)n[nH]1. The Bertz CT molecular complexity index is 401. The maximum Gasteiger partial charge on any atom is 0.315 e. The van der Waals surface area contributed by atoms with E-state index < -0.39 is 0 Å². The minimum atomic E-state index is -0.0703. The molecule has 3 N–H and O–H groups in total. The van der Waals surface area contributed by atoms with Gasteiger partial charge in [-0.1, -0.05) is 6.92 Å². The Hall–Kier alpha value is -1.52. The number of hydrogen-bond acceptors (Lipinski definition) is 2. The molecule has 3 atom stereocenters. The third-order valence-electron chi connectivity index (χ3n) is 3.08. The topological polar surface area (TPSA) is 69.8 Å². The maximum absolute atomic E-state index is 11.6. The van der Waals surface area contributed by atoms with E-state index in [1.54, 1.807) is 0 Å². The zero-order chi connectivity index (χ0) is 12.4. The summed E-state index contributed by atoms with van der Waals surface area (Å²) in [5, 5.41) is 12.9. The number of nitrogens with one attached hydrogen (secondary N) is 3. The fourth-order valence-corrected chi connectivity index (χ4v) is 1.90. The van der Waals surface area contributed by atoms with Gasteiger partial charge in [-0.05, 0) is 32.3 Å². The van der Waals surface area contributed by atoms with Crippen LogP contribution in [0, 0.1) is 12.8 Å². The zero-order valence-electron chi connectivity index (χ0n) is 10.6. The van der Waals surface area contributed by atoms with Crippen molar-refractivity contribution >= 4 is 6.03 Å². The highest BCUT2D eigenvalue weighted by Crippen LogP contribution is 2.28. The van der Waals surface area contributed by atoms with Crippen LogP contribution in [-0.4, -0.2) is 28.3 Å². The van der Waals surface area contributed by atoms with Crippen molar-refractivity contribution in [3.05, 3.63) is 17.5 Å². The number of carbonyl (C=O) groups is 1. The van der Waals surface area contributed by atoms with Crippen molar-refractivity contribution in [3.8, 4) is 0 Å². The van der Waals surface area contributed by atoms with Crippen molar-refractivity contribution in [1.82, 2.24) is 20.8 Å². The van der Waals surface area contributed by atoms with Gasteiger partial charge in [-0.25, -0.2) is 4.79 Å². The van der Waals surface area contributed by atoms with Crippen molar-refractivity contribution in [3.63, 3.8) is 0 Å². The molecule has 2 rings (SSSR count). The Kier molecular flexibility index (Phi) is 3.36. The first-order chi connectivity index (χ1) is 8.04. The number of hydrogen-bond donors (Lipinski definition) is 3. The first-order valence-corrected chi connectivity index (χ1v) is 6.12. The van der Waals surface area contributed by atoms with Gasteiger partial charge in [0.25, 0.3) is 0 Å². The van der Waals surface area contributed by atoms with Gasteiger partial charge < -0.3 is 10.6 Å². The number of amides is 2. The lowest BCUT2D eigenvalue weighted by atomic mass is 10.2. The number of urea groups is 1. The third kappa shape index (κ3) is 3.47. The van der Waals surface area contributed by atoms with Gasteiger partial charge >= 0.3 is 6.03 Å². The van der Waals surface area contributed by atoms with E-state index in [0.29, 0.717) is 12.0 Å². The summed E-state index contributed by atoms with van der Waals surface area (Å²) in [4.78, 5) is 11.6. The highest BCUT2D eigenvalue weighted by atomic mass is 16.2. The molecule has 0 saturated heterocycles. The van der Waals surface area contributed by atoms with E-state index in [9.17, 15) is 4.79 Å². The predicted molar refractivity (Wildman–Crippen MR) is 65.7 cm³/mol. The summed E-state index contributed by atoms with van der Waals surface area (Å²) in [6.07, 6.45) is 1.85. The second kappa shape index (κ2) is 4.77. The number of H-pyrrole nitrogens is 1. The van der Waals surface area contributed by atoms with E-state index in [2.05, 4.69) is 27.8 Å². The number of nitrogens with zero attached hydrogens (tertiary/aromatic N) is 1. The molecule has 1 saturated carbocycles. The van der Waals surface area contributed by atoms with E-state index in [0.717, 1.165) is 24.2 Å². The average Bonchev–Trinajstić information content (AvgIpc) is 2.72. The van der Waals surface area contributed by atoms with Crippen molar-refractivity contribution < 1.29 is 4.79 Å². The highest BCUT2D eigenvalue weighted by molar-refractivity contribution is 5.74. The predicted octanol–water partition coefficient (Wildman–Crippen LogP) is 1.36. The molecular weight excluding hydrogens is 216 g/mol. The summed E-state index contributed by atoms with van der Waals surface area (Å²) in [6.45, 7) is 6.09. The quantitative estimate of drug-likeness (QED) is 0.738. The Labute approximate surface area is 101 Å². The van der Waals surface area contributed by atoms with Gasteiger partial charge in [-0.15, -0.1) is 0 Å². The van der Waals surface area contributed by atoms with Crippen molar-refractivity contribution in [2.45, 2.75) is 45.7 Å². The second-order valence-electron chi connectivity index (χ2n) is 5.08. The maximum atomic E-state index is 11.6. The Morgan fingerprint density at radius 1 is 1.71 bits per heavy atom. The number of rotatable bonds is 4. The van der Waals surface area contributed by atoms with Crippen molar-refractivity contribution in [1.29, 1.82) is 0 Å². The van der Waals surface area contributed by atoms with E-state index in [4.69, 9.17) is 0 Å². The van der Waals surface area contributed by atoms with E-state index in [1.165, 1.54) is 0 Å². The molecule has 5 heteroatoms. The molecular formula is C12H20N4O. The molecule has 1 aliphatic carbocycles. The summed E-state index contributed by atoms with van der Waals surface area (Å²) in [6, 6.07) is 2.39. The van der Waals surface area contributed by atoms with Crippen LogP contribution in [0.4, 0.5) is 4.79 Å². The fourth-order valence-electron chi connectivity index (χ4n) is 1.90. The van der Waals surface area contributed by atoms with Gasteiger partial charge in [-0.2, -0.15) is 5.10 Å². The fraction of sp³-hybridized carbons (Fsp3) is 0.667. The number of aryl methyl sites for hydroxylation is 1. The molecule has 1 fully saturated rings. The molecule has 5 nitrogen and oxygen atoms in total. The second-order valence-corrected chi connectivity index (χ2v) is 5.08. The summed E-state index contributed by atoms with van der Waals surface area (Å²) in [5.74, 6) is 0.630. The Balaban J connectivity index is 1.73. The van der Waals surface area contributed by atoms with Gasteiger partial charge in [0, 0.05) is 24.2 Å². The highest BCUT2D eigenvalue weighted by Gasteiger charge is 2.33. The standard InChI is InChI=1S/C12H20N4O/c1-7-4-11(7)14-12(17)13-8(2)5-10-6-9(3)15-16-10/h6-8,11H,4-5H2,1-3H3,(H,15,16)(H2,13,14,17). The molecule has 1 aromatic rings. The Morgan fingerprint density at radius 3 is 2.94 bits per heavy atom. The summed E-state index contributed by atoms with van der Waals surface area (Å²) < 4.78 is 0. The molecule has 0 spiro atoms. The molecule has 0 radical (unpaired) electrons.